The van der Waals surface area contributed by atoms with E-state index < -0.39 is 0 Å². The molecule has 1 aromatic carbocycles. The highest BCUT2D eigenvalue weighted by Gasteiger charge is 2.38. The van der Waals surface area contributed by atoms with E-state index in [-0.39, 0.29) is 5.41 Å². The molecule has 20 heavy (non-hydrogen) atoms. The number of phenols is 1. The SMILES string of the molecule is CC1(C(=O)N2CCc3ccc(O)cc3C2)CCCCC1. The van der Waals surface area contributed by atoms with Crippen LogP contribution in [0.2, 0.25) is 0 Å². The van der Waals surface area contributed by atoms with Gasteiger partial charge >= 0.3 is 0 Å². The smallest absolute Gasteiger partial charge is 0.228 e. The van der Waals surface area contributed by atoms with Gasteiger partial charge in [0.2, 0.25) is 5.91 Å². The van der Waals surface area contributed by atoms with E-state index in [9.17, 15) is 9.90 Å². The van der Waals surface area contributed by atoms with Crippen LogP contribution in [0.25, 0.3) is 0 Å². The summed E-state index contributed by atoms with van der Waals surface area (Å²) in [6, 6.07) is 5.52. The maximum atomic E-state index is 12.8. The van der Waals surface area contributed by atoms with Gasteiger partial charge in [0.15, 0.2) is 0 Å². The number of benzene rings is 1. The minimum atomic E-state index is -0.160. The lowest BCUT2D eigenvalue weighted by Gasteiger charge is -2.39. The number of aromatic hydroxyl groups is 1. The van der Waals surface area contributed by atoms with Crippen LogP contribution in [0.3, 0.4) is 0 Å². The number of nitrogens with zero attached hydrogens (tertiary/aromatic N) is 1. The Morgan fingerprint density at radius 2 is 1.95 bits per heavy atom. The molecule has 0 atom stereocenters. The van der Waals surface area contributed by atoms with E-state index >= 15 is 0 Å². The second-order valence-electron chi connectivity index (χ2n) is 6.55. The van der Waals surface area contributed by atoms with Gasteiger partial charge < -0.3 is 10.0 Å². The quantitative estimate of drug-likeness (QED) is 0.853. The topological polar surface area (TPSA) is 40.5 Å². The second kappa shape index (κ2) is 5.12. The number of carbonyl (C=O) groups is 1. The number of phenolic OH excluding ortho intramolecular Hbond substituents is 1. The Kier molecular flexibility index (Phi) is 3.45. The van der Waals surface area contributed by atoms with Crippen molar-refractivity contribution in [1.29, 1.82) is 0 Å². The molecule has 108 valence electrons. The molecule has 0 bridgehead atoms. The third kappa shape index (κ3) is 2.41. The maximum absolute atomic E-state index is 12.8. The zero-order chi connectivity index (χ0) is 14.2. The summed E-state index contributed by atoms with van der Waals surface area (Å²) >= 11 is 0. The lowest BCUT2D eigenvalue weighted by molar-refractivity contribution is -0.144. The van der Waals surface area contributed by atoms with Gasteiger partial charge in [-0.1, -0.05) is 32.3 Å². The van der Waals surface area contributed by atoms with Crippen molar-refractivity contribution in [2.45, 2.75) is 52.0 Å². The summed E-state index contributed by atoms with van der Waals surface area (Å²) in [6.07, 6.45) is 6.56. The van der Waals surface area contributed by atoms with Crippen molar-refractivity contribution < 1.29 is 9.90 Å². The monoisotopic (exact) mass is 273 g/mol. The Hall–Kier alpha value is -1.51. The van der Waals surface area contributed by atoms with Gasteiger partial charge in [-0.25, -0.2) is 0 Å². The van der Waals surface area contributed by atoms with E-state index in [1.54, 1.807) is 12.1 Å². The minimum absolute atomic E-state index is 0.160. The summed E-state index contributed by atoms with van der Waals surface area (Å²) in [6.45, 7) is 3.59. The molecule has 3 nitrogen and oxygen atoms in total. The van der Waals surface area contributed by atoms with Crippen molar-refractivity contribution >= 4 is 5.91 Å². The van der Waals surface area contributed by atoms with Gasteiger partial charge in [-0.15, -0.1) is 0 Å². The molecule has 1 heterocycles. The van der Waals surface area contributed by atoms with Crippen LogP contribution in [-0.2, 0) is 17.8 Å². The van der Waals surface area contributed by atoms with Crippen molar-refractivity contribution in [3.63, 3.8) is 0 Å². The van der Waals surface area contributed by atoms with Gasteiger partial charge in [0.05, 0.1) is 0 Å². The van der Waals surface area contributed by atoms with Gasteiger partial charge in [0, 0.05) is 18.5 Å². The lowest BCUT2D eigenvalue weighted by atomic mass is 9.74. The Labute approximate surface area is 120 Å². The van der Waals surface area contributed by atoms with Crippen LogP contribution in [-0.4, -0.2) is 22.5 Å². The number of hydrogen-bond acceptors (Lipinski definition) is 2. The third-order valence-corrected chi connectivity index (χ3v) is 4.96. The number of amides is 1. The minimum Gasteiger partial charge on any atom is -0.508 e. The number of fused-ring (bicyclic) bond motifs is 1. The largest absolute Gasteiger partial charge is 0.508 e. The van der Waals surface area contributed by atoms with Gasteiger partial charge in [-0.2, -0.15) is 0 Å². The summed E-state index contributed by atoms with van der Waals surface area (Å²) in [4.78, 5) is 14.8. The number of rotatable bonds is 1. The highest BCUT2D eigenvalue weighted by molar-refractivity contribution is 5.82. The average Bonchev–Trinajstić information content (AvgIpc) is 2.46. The number of hydrogen-bond donors (Lipinski definition) is 1. The van der Waals surface area contributed by atoms with E-state index in [0.29, 0.717) is 18.2 Å². The van der Waals surface area contributed by atoms with E-state index in [1.165, 1.54) is 24.8 Å². The van der Waals surface area contributed by atoms with Crippen LogP contribution >= 0.6 is 0 Å². The molecule has 1 aliphatic carbocycles. The van der Waals surface area contributed by atoms with Gasteiger partial charge in [0.25, 0.3) is 0 Å². The molecule has 1 aromatic rings. The maximum Gasteiger partial charge on any atom is 0.228 e. The highest BCUT2D eigenvalue weighted by atomic mass is 16.3. The first-order valence-corrected chi connectivity index (χ1v) is 7.69. The summed E-state index contributed by atoms with van der Waals surface area (Å²) in [7, 11) is 0. The van der Waals surface area contributed by atoms with Gasteiger partial charge in [-0.3, -0.25) is 4.79 Å². The first-order valence-electron chi connectivity index (χ1n) is 7.69. The van der Waals surface area contributed by atoms with E-state index in [2.05, 4.69) is 6.92 Å². The van der Waals surface area contributed by atoms with Gasteiger partial charge in [0.1, 0.15) is 5.75 Å². The first kappa shape index (κ1) is 13.5. The summed E-state index contributed by atoms with van der Waals surface area (Å²) in [5.41, 5.74) is 2.21. The molecule has 1 fully saturated rings. The predicted molar refractivity (Wildman–Crippen MR) is 78.4 cm³/mol. The van der Waals surface area contributed by atoms with E-state index in [4.69, 9.17) is 0 Å². The van der Waals surface area contributed by atoms with Crippen molar-refractivity contribution in [1.82, 2.24) is 4.90 Å². The summed E-state index contributed by atoms with van der Waals surface area (Å²) < 4.78 is 0. The van der Waals surface area contributed by atoms with Crippen LogP contribution in [0.4, 0.5) is 0 Å². The van der Waals surface area contributed by atoms with Crippen LogP contribution in [0.15, 0.2) is 18.2 Å². The van der Waals surface area contributed by atoms with Crippen molar-refractivity contribution in [2.75, 3.05) is 6.54 Å². The molecular formula is C17H23NO2. The molecule has 3 rings (SSSR count). The van der Waals surface area contributed by atoms with E-state index in [1.807, 2.05) is 11.0 Å². The Balaban J connectivity index is 1.77. The van der Waals surface area contributed by atoms with Crippen LogP contribution in [0, 0.1) is 5.41 Å². The Morgan fingerprint density at radius 1 is 1.20 bits per heavy atom. The molecular weight excluding hydrogens is 250 g/mol. The van der Waals surface area contributed by atoms with Crippen molar-refractivity contribution in [2.24, 2.45) is 5.41 Å². The molecule has 1 saturated carbocycles. The van der Waals surface area contributed by atoms with Crippen LogP contribution in [0.1, 0.15) is 50.2 Å². The third-order valence-electron chi connectivity index (χ3n) is 4.96. The lowest BCUT2D eigenvalue weighted by Crippen LogP contribution is -2.45. The zero-order valence-corrected chi connectivity index (χ0v) is 12.2. The van der Waals surface area contributed by atoms with Gasteiger partial charge in [-0.05, 0) is 42.5 Å². The first-order chi connectivity index (χ1) is 9.58. The standard InChI is InChI=1S/C17H23NO2/c1-17(8-3-2-4-9-17)16(20)18-10-7-13-5-6-15(19)11-14(13)12-18/h5-6,11,19H,2-4,7-10,12H2,1H3. The molecule has 0 unspecified atom stereocenters. The fraction of sp³-hybridized carbons (Fsp3) is 0.588. The molecule has 0 spiro atoms. The summed E-state index contributed by atoms with van der Waals surface area (Å²) in [5.74, 6) is 0.605. The Bertz CT molecular complexity index is 518. The molecule has 3 heteroatoms. The molecule has 0 saturated heterocycles. The second-order valence-corrected chi connectivity index (χ2v) is 6.55. The molecule has 0 radical (unpaired) electrons. The fourth-order valence-electron chi connectivity index (χ4n) is 3.64. The molecule has 1 N–H and O–H groups in total. The molecule has 2 aliphatic rings. The highest BCUT2D eigenvalue weighted by Crippen LogP contribution is 2.38. The predicted octanol–water partition coefficient (Wildman–Crippen LogP) is 3.25. The Morgan fingerprint density at radius 3 is 2.70 bits per heavy atom. The molecule has 1 aliphatic heterocycles. The van der Waals surface area contributed by atoms with E-state index in [0.717, 1.165) is 31.4 Å². The fourth-order valence-corrected chi connectivity index (χ4v) is 3.64. The van der Waals surface area contributed by atoms with Crippen molar-refractivity contribution in [3.8, 4) is 5.75 Å². The van der Waals surface area contributed by atoms with Crippen molar-refractivity contribution in [3.05, 3.63) is 29.3 Å². The zero-order valence-electron chi connectivity index (χ0n) is 12.2. The number of carbonyl (C=O) groups excluding carboxylic acids is 1. The molecule has 0 aromatic heterocycles. The summed E-state index contributed by atoms with van der Waals surface area (Å²) in [5, 5.41) is 9.61. The van der Waals surface area contributed by atoms with Crippen LogP contribution < -0.4 is 0 Å². The normalized spacial score (nSPS) is 21.4. The average molecular weight is 273 g/mol. The molecule has 1 amide bonds. The van der Waals surface area contributed by atoms with Crippen LogP contribution in [0.5, 0.6) is 5.75 Å².